The Morgan fingerprint density at radius 3 is 2.41 bits per heavy atom. The summed E-state index contributed by atoms with van der Waals surface area (Å²) in [6.07, 6.45) is 0. The Morgan fingerprint density at radius 1 is 0.966 bits per heavy atom. The van der Waals surface area contributed by atoms with E-state index in [2.05, 4.69) is 10.9 Å². The average molecular weight is 433 g/mol. The first-order chi connectivity index (χ1) is 13.9. The lowest BCUT2D eigenvalue weighted by Crippen LogP contribution is -2.43. The number of halogens is 2. The molecule has 0 aliphatic rings. The van der Waals surface area contributed by atoms with Gasteiger partial charge in [-0.25, -0.2) is 9.18 Å². The highest BCUT2D eigenvalue weighted by molar-refractivity contribution is 7.17. The average Bonchev–Trinajstić information content (AvgIpc) is 3.21. The molecule has 2 amide bonds. The minimum Gasteiger partial charge on any atom is -0.451 e. The molecule has 0 radical (unpaired) electrons. The van der Waals surface area contributed by atoms with Crippen molar-refractivity contribution in [3.8, 4) is 10.4 Å². The third-order valence-corrected chi connectivity index (χ3v) is 5.15. The molecule has 148 valence electrons. The van der Waals surface area contributed by atoms with Crippen LogP contribution in [0, 0.1) is 5.82 Å². The van der Waals surface area contributed by atoms with Gasteiger partial charge in [0.05, 0.1) is 10.6 Å². The van der Waals surface area contributed by atoms with Gasteiger partial charge in [0, 0.05) is 4.88 Å². The normalized spacial score (nSPS) is 10.3. The Hall–Kier alpha value is -3.23. The largest absolute Gasteiger partial charge is 0.451 e. The Labute approximate surface area is 174 Å². The maximum absolute atomic E-state index is 13.0. The molecule has 1 aromatic heterocycles. The van der Waals surface area contributed by atoms with Gasteiger partial charge >= 0.3 is 5.97 Å². The molecular formula is C20H14ClFN2O4S. The zero-order valence-corrected chi connectivity index (χ0v) is 16.4. The number of amides is 2. The number of rotatable bonds is 5. The number of ether oxygens (including phenoxy) is 1. The Morgan fingerprint density at radius 2 is 1.69 bits per heavy atom. The predicted molar refractivity (Wildman–Crippen MR) is 107 cm³/mol. The number of thiophene rings is 1. The van der Waals surface area contributed by atoms with E-state index in [0.29, 0.717) is 0 Å². The maximum atomic E-state index is 13.0. The summed E-state index contributed by atoms with van der Waals surface area (Å²) in [6.45, 7) is -0.578. The summed E-state index contributed by atoms with van der Waals surface area (Å²) >= 11 is 7.05. The van der Waals surface area contributed by atoms with Crippen LogP contribution in [-0.4, -0.2) is 24.4 Å². The predicted octanol–water partition coefficient (Wildman–Crippen LogP) is 3.83. The number of hydrogen-bond donors (Lipinski definition) is 2. The van der Waals surface area contributed by atoms with Crippen molar-refractivity contribution in [2.24, 2.45) is 0 Å². The third kappa shape index (κ3) is 5.40. The van der Waals surface area contributed by atoms with Gasteiger partial charge < -0.3 is 4.74 Å². The number of benzene rings is 2. The van der Waals surface area contributed by atoms with Gasteiger partial charge in [-0.1, -0.05) is 35.9 Å². The summed E-state index contributed by atoms with van der Waals surface area (Å²) in [6, 6.07) is 15.5. The number of nitrogens with one attached hydrogen (secondary N) is 2. The summed E-state index contributed by atoms with van der Waals surface area (Å²) < 4.78 is 17.9. The van der Waals surface area contributed by atoms with E-state index in [1.54, 1.807) is 42.5 Å². The van der Waals surface area contributed by atoms with Crippen LogP contribution in [0.4, 0.5) is 4.39 Å². The van der Waals surface area contributed by atoms with Gasteiger partial charge in [0.2, 0.25) is 0 Å². The minimum atomic E-state index is -0.714. The van der Waals surface area contributed by atoms with E-state index in [4.69, 9.17) is 16.3 Å². The van der Waals surface area contributed by atoms with Crippen molar-refractivity contribution < 1.29 is 23.5 Å². The molecule has 29 heavy (non-hydrogen) atoms. The second kappa shape index (κ2) is 9.31. The van der Waals surface area contributed by atoms with Gasteiger partial charge in [-0.2, -0.15) is 0 Å². The number of carbonyl (C=O) groups is 3. The van der Waals surface area contributed by atoms with Crippen molar-refractivity contribution in [2.75, 3.05) is 6.61 Å². The molecule has 2 aromatic carbocycles. The molecule has 0 atom stereocenters. The SMILES string of the molecule is O=C(COC(=O)c1ccc(-c2ccc(F)cc2)s1)NNC(=O)c1ccccc1Cl. The smallest absolute Gasteiger partial charge is 0.348 e. The van der Waals surface area contributed by atoms with E-state index in [9.17, 15) is 18.8 Å². The van der Waals surface area contributed by atoms with Crippen LogP contribution < -0.4 is 10.9 Å². The number of hydrazine groups is 1. The molecule has 0 aliphatic carbocycles. The lowest BCUT2D eigenvalue weighted by molar-refractivity contribution is -0.125. The first-order valence-corrected chi connectivity index (χ1v) is 9.50. The van der Waals surface area contributed by atoms with Gasteiger partial charge in [0.1, 0.15) is 10.7 Å². The molecule has 6 nitrogen and oxygen atoms in total. The van der Waals surface area contributed by atoms with Crippen molar-refractivity contribution in [3.05, 3.63) is 81.9 Å². The van der Waals surface area contributed by atoms with Gasteiger partial charge in [0.25, 0.3) is 11.8 Å². The molecule has 1 heterocycles. The molecule has 0 spiro atoms. The topological polar surface area (TPSA) is 84.5 Å². The number of carbonyl (C=O) groups excluding carboxylic acids is 3. The Bertz CT molecular complexity index is 1050. The van der Waals surface area contributed by atoms with Crippen molar-refractivity contribution in [2.45, 2.75) is 0 Å². The Kier molecular flexibility index (Phi) is 6.58. The van der Waals surface area contributed by atoms with Crippen molar-refractivity contribution in [3.63, 3.8) is 0 Å². The molecular weight excluding hydrogens is 419 g/mol. The van der Waals surface area contributed by atoms with Crippen LogP contribution in [0.25, 0.3) is 10.4 Å². The minimum absolute atomic E-state index is 0.193. The van der Waals surface area contributed by atoms with Crippen LogP contribution in [0.15, 0.2) is 60.7 Å². The van der Waals surface area contributed by atoms with Crippen LogP contribution in [0.5, 0.6) is 0 Å². The quantitative estimate of drug-likeness (QED) is 0.474. The van der Waals surface area contributed by atoms with E-state index >= 15 is 0 Å². The van der Waals surface area contributed by atoms with Crippen molar-refractivity contribution >= 4 is 40.7 Å². The number of hydrogen-bond acceptors (Lipinski definition) is 5. The van der Waals surface area contributed by atoms with Gasteiger partial charge in [-0.05, 0) is 42.0 Å². The lowest BCUT2D eigenvalue weighted by atomic mass is 10.2. The van der Waals surface area contributed by atoms with Gasteiger partial charge in [0.15, 0.2) is 6.61 Å². The molecule has 0 saturated carbocycles. The summed E-state index contributed by atoms with van der Waals surface area (Å²) in [5, 5.41) is 0.236. The van der Waals surface area contributed by atoms with Crippen LogP contribution in [0.2, 0.25) is 5.02 Å². The van der Waals surface area contributed by atoms with Crippen LogP contribution in [0.1, 0.15) is 20.0 Å². The van der Waals surface area contributed by atoms with Crippen LogP contribution in [0.3, 0.4) is 0 Å². The first kappa shape index (κ1) is 20.5. The van der Waals surface area contributed by atoms with E-state index in [1.165, 1.54) is 18.2 Å². The van der Waals surface area contributed by atoms with E-state index in [-0.39, 0.29) is 21.3 Å². The summed E-state index contributed by atoms with van der Waals surface area (Å²) in [4.78, 5) is 36.9. The molecule has 3 aromatic rings. The fourth-order valence-electron chi connectivity index (χ4n) is 2.29. The van der Waals surface area contributed by atoms with Crippen LogP contribution in [-0.2, 0) is 9.53 Å². The molecule has 0 fully saturated rings. The van der Waals surface area contributed by atoms with E-state index in [1.807, 2.05) is 0 Å². The van der Waals surface area contributed by atoms with E-state index < -0.39 is 24.4 Å². The molecule has 0 aliphatic heterocycles. The lowest BCUT2D eigenvalue weighted by Gasteiger charge is -2.08. The van der Waals surface area contributed by atoms with Gasteiger partial charge in [-0.3, -0.25) is 20.4 Å². The summed E-state index contributed by atoms with van der Waals surface area (Å²) in [5.41, 5.74) is 5.29. The molecule has 9 heteroatoms. The second-order valence-electron chi connectivity index (χ2n) is 5.73. The molecule has 0 unspecified atom stereocenters. The van der Waals surface area contributed by atoms with Crippen molar-refractivity contribution in [1.29, 1.82) is 0 Å². The summed E-state index contributed by atoms with van der Waals surface area (Å²) in [7, 11) is 0. The molecule has 0 bridgehead atoms. The highest BCUT2D eigenvalue weighted by Crippen LogP contribution is 2.28. The highest BCUT2D eigenvalue weighted by atomic mass is 35.5. The standard InChI is InChI=1S/C20H14ClFN2O4S/c21-15-4-2-1-3-14(15)19(26)24-23-18(25)11-28-20(27)17-10-9-16(29-17)12-5-7-13(22)8-6-12/h1-10H,11H2,(H,23,25)(H,24,26). The second-order valence-corrected chi connectivity index (χ2v) is 7.22. The Balaban J connectivity index is 1.49. The fourth-order valence-corrected chi connectivity index (χ4v) is 3.42. The maximum Gasteiger partial charge on any atom is 0.348 e. The third-order valence-electron chi connectivity index (χ3n) is 3.70. The molecule has 3 rings (SSSR count). The number of esters is 1. The zero-order chi connectivity index (χ0) is 20.8. The molecule has 0 saturated heterocycles. The molecule has 2 N–H and O–H groups in total. The fraction of sp³-hybridized carbons (Fsp3) is 0.0500. The summed E-state index contributed by atoms with van der Waals surface area (Å²) in [5.74, 6) is -2.35. The van der Waals surface area contributed by atoms with Gasteiger partial charge in [-0.15, -0.1) is 11.3 Å². The first-order valence-electron chi connectivity index (χ1n) is 8.30. The highest BCUT2D eigenvalue weighted by Gasteiger charge is 2.15. The monoisotopic (exact) mass is 432 g/mol. The van der Waals surface area contributed by atoms with E-state index in [0.717, 1.165) is 21.8 Å². The van der Waals surface area contributed by atoms with Crippen molar-refractivity contribution in [1.82, 2.24) is 10.9 Å². The van der Waals surface area contributed by atoms with Crippen LogP contribution >= 0.6 is 22.9 Å². The zero-order valence-electron chi connectivity index (χ0n) is 14.8.